The molecular formula is C17H10ClI2NO3S. The number of thioether (sulfide) groups is 1. The van der Waals surface area contributed by atoms with Gasteiger partial charge in [-0.3, -0.25) is 9.59 Å². The zero-order chi connectivity index (χ0) is 18.1. The number of imide groups is 1. The molecule has 2 aromatic rings. The number of methoxy groups -OCH3 is 1. The summed E-state index contributed by atoms with van der Waals surface area (Å²) >= 11 is 11.2. The van der Waals surface area contributed by atoms with E-state index in [9.17, 15) is 9.59 Å². The molecule has 0 unspecified atom stereocenters. The van der Waals surface area contributed by atoms with E-state index in [1.165, 1.54) is 0 Å². The van der Waals surface area contributed by atoms with E-state index in [4.69, 9.17) is 16.3 Å². The highest BCUT2D eigenvalue weighted by Gasteiger charge is 2.36. The van der Waals surface area contributed by atoms with Gasteiger partial charge >= 0.3 is 0 Å². The van der Waals surface area contributed by atoms with Crippen LogP contribution in [0.3, 0.4) is 0 Å². The first-order chi connectivity index (χ1) is 11.9. The minimum Gasteiger partial charge on any atom is -0.495 e. The fourth-order valence-electron chi connectivity index (χ4n) is 2.31. The second-order valence-corrected chi connectivity index (χ2v) is 8.77. The summed E-state index contributed by atoms with van der Waals surface area (Å²) in [7, 11) is 1.62. The molecule has 1 heterocycles. The van der Waals surface area contributed by atoms with Crippen molar-refractivity contribution in [2.45, 2.75) is 0 Å². The normalized spacial score (nSPS) is 16.0. The number of hydrogen-bond acceptors (Lipinski definition) is 4. The first kappa shape index (κ1) is 19.0. The molecule has 1 aliphatic rings. The average molecular weight is 598 g/mol. The van der Waals surface area contributed by atoms with Crippen LogP contribution in [0.5, 0.6) is 5.75 Å². The van der Waals surface area contributed by atoms with Gasteiger partial charge in [0, 0.05) is 5.02 Å². The molecule has 1 aliphatic heterocycles. The third-order valence-corrected chi connectivity index (χ3v) is 6.09. The van der Waals surface area contributed by atoms with Crippen molar-refractivity contribution < 1.29 is 14.3 Å². The number of ether oxygens (including phenoxy) is 1. The molecule has 25 heavy (non-hydrogen) atoms. The van der Waals surface area contributed by atoms with Gasteiger partial charge in [0.1, 0.15) is 5.75 Å². The standard InChI is InChI=1S/C17H10ClI2NO3S/c1-24-15-12(19)5-9(6-13(15)20)7-14-16(22)21(17(23)25-14)11-4-2-3-10(18)8-11/h2-8H,1H3/b14-7+. The Balaban J connectivity index is 1.96. The maximum Gasteiger partial charge on any atom is 0.298 e. The Hall–Kier alpha value is -0.780. The van der Waals surface area contributed by atoms with Crippen molar-refractivity contribution in [3.63, 3.8) is 0 Å². The lowest BCUT2D eigenvalue weighted by atomic mass is 10.2. The number of carbonyl (C=O) groups excluding carboxylic acids is 2. The summed E-state index contributed by atoms with van der Waals surface area (Å²) in [6.07, 6.45) is 1.72. The summed E-state index contributed by atoms with van der Waals surface area (Å²) in [5.41, 5.74) is 1.31. The number of carbonyl (C=O) groups is 2. The molecule has 0 atom stereocenters. The van der Waals surface area contributed by atoms with Crippen molar-refractivity contribution in [2.75, 3.05) is 12.0 Å². The summed E-state index contributed by atoms with van der Waals surface area (Å²) in [6.45, 7) is 0. The largest absolute Gasteiger partial charge is 0.495 e. The molecule has 0 bridgehead atoms. The van der Waals surface area contributed by atoms with Crippen molar-refractivity contribution in [1.29, 1.82) is 0 Å². The van der Waals surface area contributed by atoms with Gasteiger partial charge < -0.3 is 4.74 Å². The molecule has 0 radical (unpaired) electrons. The Kier molecular flexibility index (Phi) is 5.96. The molecule has 2 amide bonds. The van der Waals surface area contributed by atoms with E-state index in [2.05, 4.69) is 45.2 Å². The van der Waals surface area contributed by atoms with Crippen LogP contribution in [0.1, 0.15) is 5.56 Å². The van der Waals surface area contributed by atoms with E-state index in [1.807, 2.05) is 12.1 Å². The molecule has 1 fully saturated rings. The Morgan fingerprint density at radius 2 is 1.84 bits per heavy atom. The van der Waals surface area contributed by atoms with Gasteiger partial charge in [-0.2, -0.15) is 0 Å². The Morgan fingerprint density at radius 1 is 1.16 bits per heavy atom. The van der Waals surface area contributed by atoms with Crippen molar-refractivity contribution in [1.82, 2.24) is 0 Å². The highest BCUT2D eigenvalue weighted by molar-refractivity contribution is 14.1. The molecule has 8 heteroatoms. The molecule has 0 aromatic heterocycles. The molecule has 0 saturated carbocycles. The highest BCUT2D eigenvalue weighted by atomic mass is 127. The second kappa shape index (κ2) is 7.85. The number of anilines is 1. The van der Waals surface area contributed by atoms with Crippen molar-refractivity contribution >= 4 is 91.5 Å². The quantitative estimate of drug-likeness (QED) is 0.332. The van der Waals surface area contributed by atoms with E-state index < -0.39 is 0 Å². The Morgan fingerprint density at radius 3 is 2.44 bits per heavy atom. The van der Waals surface area contributed by atoms with E-state index in [0.717, 1.165) is 35.1 Å². The highest BCUT2D eigenvalue weighted by Crippen LogP contribution is 2.37. The smallest absolute Gasteiger partial charge is 0.298 e. The zero-order valence-electron chi connectivity index (χ0n) is 12.8. The van der Waals surface area contributed by atoms with Crippen LogP contribution >= 0.6 is 68.5 Å². The van der Waals surface area contributed by atoms with Crippen LogP contribution in [0.15, 0.2) is 41.3 Å². The van der Waals surface area contributed by atoms with Crippen molar-refractivity contribution in [3.8, 4) is 5.75 Å². The molecule has 3 rings (SSSR count). The fourth-order valence-corrected chi connectivity index (χ4v) is 5.60. The van der Waals surface area contributed by atoms with Gasteiger partial charge in [0.25, 0.3) is 11.1 Å². The third kappa shape index (κ3) is 3.99. The van der Waals surface area contributed by atoms with Gasteiger partial charge in [0.15, 0.2) is 0 Å². The summed E-state index contributed by atoms with van der Waals surface area (Å²) in [4.78, 5) is 26.5. The minimum atomic E-state index is -0.349. The van der Waals surface area contributed by atoms with Gasteiger partial charge in [0.2, 0.25) is 0 Å². The van der Waals surface area contributed by atoms with Crippen molar-refractivity contribution in [3.05, 3.63) is 59.0 Å². The molecule has 0 spiro atoms. The lowest BCUT2D eigenvalue weighted by Gasteiger charge is -2.12. The van der Waals surface area contributed by atoms with Crippen molar-refractivity contribution in [2.24, 2.45) is 0 Å². The lowest BCUT2D eigenvalue weighted by molar-refractivity contribution is -0.113. The predicted molar refractivity (Wildman–Crippen MR) is 118 cm³/mol. The SMILES string of the molecule is COc1c(I)cc(/C=C2/SC(=O)N(c3cccc(Cl)c3)C2=O)cc1I. The van der Waals surface area contributed by atoms with Crippen LogP contribution < -0.4 is 9.64 Å². The second-order valence-electron chi connectivity index (χ2n) is 5.01. The molecule has 0 aliphatic carbocycles. The van der Waals surface area contributed by atoms with Gasteiger partial charge in [-0.05, 0) is 98.9 Å². The molecule has 1 saturated heterocycles. The van der Waals surface area contributed by atoms with E-state index in [0.29, 0.717) is 15.6 Å². The van der Waals surface area contributed by atoms with Crippen LogP contribution in [-0.4, -0.2) is 18.3 Å². The van der Waals surface area contributed by atoms with Gasteiger partial charge in [0.05, 0.1) is 24.8 Å². The number of amides is 2. The summed E-state index contributed by atoms with van der Waals surface area (Å²) in [5.74, 6) is 0.448. The summed E-state index contributed by atoms with van der Waals surface area (Å²) in [5, 5.41) is 0.135. The van der Waals surface area contributed by atoms with Crippen LogP contribution in [0.25, 0.3) is 6.08 Å². The van der Waals surface area contributed by atoms with Crippen LogP contribution in [-0.2, 0) is 4.79 Å². The van der Waals surface area contributed by atoms with E-state index in [-0.39, 0.29) is 11.1 Å². The first-order valence-electron chi connectivity index (χ1n) is 6.97. The Bertz CT molecular complexity index is 894. The maximum absolute atomic E-state index is 12.7. The number of benzene rings is 2. The minimum absolute atomic E-state index is 0.337. The molecular weight excluding hydrogens is 588 g/mol. The topological polar surface area (TPSA) is 46.6 Å². The third-order valence-electron chi connectivity index (χ3n) is 3.38. The first-order valence-corrected chi connectivity index (χ1v) is 10.3. The van der Waals surface area contributed by atoms with Gasteiger partial charge in [-0.25, -0.2) is 4.90 Å². The van der Waals surface area contributed by atoms with Gasteiger partial charge in [-0.15, -0.1) is 0 Å². The van der Waals surface area contributed by atoms with Crippen LogP contribution in [0.4, 0.5) is 10.5 Å². The Labute approximate surface area is 181 Å². The molecule has 2 aromatic carbocycles. The molecule has 4 nitrogen and oxygen atoms in total. The monoisotopic (exact) mass is 597 g/mol. The lowest BCUT2D eigenvalue weighted by Crippen LogP contribution is -2.27. The number of rotatable bonds is 3. The van der Waals surface area contributed by atoms with E-state index in [1.54, 1.807) is 37.5 Å². The molecule has 128 valence electrons. The average Bonchev–Trinajstić information content (AvgIpc) is 2.81. The predicted octanol–water partition coefficient (Wildman–Crippen LogP) is 5.80. The molecule has 0 N–H and O–H groups in total. The number of hydrogen-bond donors (Lipinski definition) is 0. The van der Waals surface area contributed by atoms with E-state index >= 15 is 0 Å². The van der Waals surface area contributed by atoms with Crippen LogP contribution in [0, 0.1) is 7.14 Å². The fraction of sp³-hybridized carbons (Fsp3) is 0.0588. The number of nitrogens with zero attached hydrogens (tertiary/aromatic N) is 1. The zero-order valence-corrected chi connectivity index (χ0v) is 18.6. The summed E-state index contributed by atoms with van der Waals surface area (Å²) in [6, 6.07) is 10.5. The number of halogens is 3. The van der Waals surface area contributed by atoms with Crippen LogP contribution in [0.2, 0.25) is 5.02 Å². The van der Waals surface area contributed by atoms with Gasteiger partial charge in [-0.1, -0.05) is 17.7 Å². The summed E-state index contributed by atoms with van der Waals surface area (Å²) < 4.78 is 7.22. The maximum atomic E-state index is 12.7.